The van der Waals surface area contributed by atoms with Crippen molar-refractivity contribution in [1.82, 2.24) is 10.1 Å². The second kappa shape index (κ2) is 10.0. The van der Waals surface area contributed by atoms with Gasteiger partial charge >= 0.3 is 12.1 Å². The molecule has 0 aromatic carbocycles. The van der Waals surface area contributed by atoms with E-state index in [1.165, 1.54) is 19.0 Å². The quantitative estimate of drug-likeness (QED) is 0.162. The van der Waals surface area contributed by atoms with Gasteiger partial charge in [-0.15, -0.1) is 6.42 Å². The Morgan fingerprint density at radius 3 is 2.36 bits per heavy atom. The van der Waals surface area contributed by atoms with Crippen LogP contribution in [-0.4, -0.2) is 79.0 Å². The fraction of sp³-hybridized carbons (Fsp3) is 0.636. The number of rotatable bonds is 11. The molecule has 0 rings (SSSR count). The highest BCUT2D eigenvalue weighted by molar-refractivity contribution is 5.76. The van der Waals surface area contributed by atoms with Gasteiger partial charge in [0.15, 0.2) is 13.4 Å². The molecule has 0 saturated heterocycles. The van der Waals surface area contributed by atoms with E-state index in [4.69, 9.17) is 41.5 Å². The summed E-state index contributed by atoms with van der Waals surface area (Å²) in [5, 5.41) is 17.8. The third-order valence-electron chi connectivity index (χ3n) is 2.06. The first-order valence-electron chi connectivity index (χ1n) is 5.85. The number of carbonyl (C=O) groups is 2. The molecule has 0 radical (unpaired) electrons. The second-order valence-corrected chi connectivity index (χ2v) is 3.86. The van der Waals surface area contributed by atoms with E-state index < -0.39 is 44.6 Å². The van der Waals surface area contributed by atoms with E-state index in [0.29, 0.717) is 5.17 Å². The van der Waals surface area contributed by atoms with Crippen molar-refractivity contribution in [2.75, 3.05) is 40.7 Å². The van der Waals surface area contributed by atoms with Crippen molar-refractivity contribution in [3.05, 3.63) is 0 Å². The highest BCUT2D eigenvalue weighted by Gasteiger charge is 2.42. The molecular formula is C11H19N3O8. The van der Waals surface area contributed by atoms with E-state index in [9.17, 15) is 9.59 Å². The fourth-order valence-corrected chi connectivity index (χ4v) is 1.02. The summed E-state index contributed by atoms with van der Waals surface area (Å²) < 4.78 is 14.6. The molecule has 0 fully saturated rings. The summed E-state index contributed by atoms with van der Waals surface area (Å²) in [5.74, 6) is 5.77. The zero-order valence-electron chi connectivity index (χ0n) is 12.2. The lowest BCUT2D eigenvalue weighted by Gasteiger charge is -2.36. The summed E-state index contributed by atoms with van der Waals surface area (Å²) in [6, 6.07) is 0. The molecule has 126 valence electrons. The Morgan fingerprint density at radius 2 is 1.91 bits per heavy atom. The number of aliphatic carboxylic acids is 1. The Kier molecular flexibility index (Phi) is 9.22. The lowest BCUT2D eigenvalue weighted by Crippen LogP contribution is -2.59. The SMILES string of the molecule is C#CCOC(OCO)(OCC(=O)O)N(N)OCC(=O)N(C)C. The number of aliphatic hydroxyl groups is 1. The van der Waals surface area contributed by atoms with Gasteiger partial charge in [0.25, 0.3) is 0 Å². The maximum atomic E-state index is 11.4. The minimum absolute atomic E-state index is 0.310. The average molecular weight is 321 g/mol. The Morgan fingerprint density at radius 1 is 1.27 bits per heavy atom. The number of hydrogen-bond acceptors (Lipinski definition) is 9. The molecule has 1 unspecified atom stereocenters. The van der Waals surface area contributed by atoms with E-state index in [1.54, 1.807) is 0 Å². The maximum Gasteiger partial charge on any atom is 0.393 e. The molecule has 0 aromatic heterocycles. The maximum absolute atomic E-state index is 11.4. The van der Waals surface area contributed by atoms with Crippen molar-refractivity contribution < 1.29 is 38.9 Å². The largest absolute Gasteiger partial charge is 0.480 e. The van der Waals surface area contributed by atoms with Gasteiger partial charge in [0.05, 0.1) is 0 Å². The number of hydroxylamine groups is 1. The van der Waals surface area contributed by atoms with Crippen LogP contribution in [0, 0.1) is 12.3 Å². The summed E-state index contributed by atoms with van der Waals surface area (Å²) in [5.41, 5.74) is 0. The first-order chi connectivity index (χ1) is 10.3. The number of nitrogens with two attached hydrogens (primary N) is 1. The highest BCUT2D eigenvalue weighted by atomic mass is 17.0. The first-order valence-corrected chi connectivity index (χ1v) is 5.85. The number of hydrogen-bond donors (Lipinski definition) is 3. The molecule has 11 nitrogen and oxygen atoms in total. The van der Waals surface area contributed by atoms with Gasteiger partial charge in [0.1, 0.15) is 13.2 Å². The molecule has 0 aliphatic rings. The highest BCUT2D eigenvalue weighted by Crippen LogP contribution is 2.18. The normalized spacial score (nSPS) is 13.5. The summed E-state index contributed by atoms with van der Waals surface area (Å²) in [4.78, 5) is 28.1. The molecular weight excluding hydrogens is 302 g/mol. The van der Waals surface area contributed by atoms with Crippen LogP contribution in [0.2, 0.25) is 0 Å². The van der Waals surface area contributed by atoms with E-state index in [0.717, 1.165) is 0 Å². The Labute approximate surface area is 127 Å². The van der Waals surface area contributed by atoms with Crippen LogP contribution in [0.1, 0.15) is 0 Å². The molecule has 1 amide bonds. The van der Waals surface area contributed by atoms with E-state index in [2.05, 4.69) is 5.92 Å². The molecule has 1 atom stereocenters. The summed E-state index contributed by atoms with van der Waals surface area (Å²) in [6.07, 6.45) is 2.59. The van der Waals surface area contributed by atoms with Crippen LogP contribution in [0.4, 0.5) is 0 Å². The van der Waals surface area contributed by atoms with Crippen molar-refractivity contribution in [3.8, 4) is 12.3 Å². The zero-order chi connectivity index (χ0) is 17.2. The average Bonchev–Trinajstić information content (AvgIpc) is 2.47. The van der Waals surface area contributed by atoms with Gasteiger partial charge in [-0.2, -0.15) is 0 Å². The van der Waals surface area contributed by atoms with E-state index in [-0.39, 0.29) is 0 Å². The number of carboxylic acids is 1. The number of likely N-dealkylation sites (N-methyl/N-ethyl adjacent to an activating group) is 1. The first kappa shape index (κ1) is 20.2. The van der Waals surface area contributed by atoms with Crippen LogP contribution in [0.25, 0.3) is 0 Å². The standard InChI is InChI=1S/C11H19N3O8/c1-4-5-19-11(21-8-15,20-7-10(17)18)14(12)22-6-9(16)13(2)3/h1,15H,5-8,12H2,2-3H3,(H,17,18). The van der Waals surface area contributed by atoms with Crippen molar-refractivity contribution in [2.45, 2.75) is 6.10 Å². The monoisotopic (exact) mass is 321 g/mol. The molecule has 11 heteroatoms. The zero-order valence-corrected chi connectivity index (χ0v) is 12.2. The molecule has 4 N–H and O–H groups in total. The second-order valence-electron chi connectivity index (χ2n) is 3.86. The van der Waals surface area contributed by atoms with Gasteiger partial charge in [-0.1, -0.05) is 5.92 Å². The molecule has 0 heterocycles. The predicted molar refractivity (Wildman–Crippen MR) is 69.9 cm³/mol. The molecule has 0 spiro atoms. The van der Waals surface area contributed by atoms with Crippen molar-refractivity contribution >= 4 is 11.9 Å². The van der Waals surface area contributed by atoms with Crippen LogP contribution >= 0.6 is 0 Å². The fourth-order valence-electron chi connectivity index (χ4n) is 1.02. The molecule has 0 aromatic rings. The minimum Gasteiger partial charge on any atom is -0.480 e. The van der Waals surface area contributed by atoms with Crippen LogP contribution in [0.5, 0.6) is 0 Å². The Hall–Kier alpha value is -1.78. The molecule has 0 bridgehead atoms. The summed E-state index contributed by atoms with van der Waals surface area (Å²) in [6.45, 7) is -2.78. The summed E-state index contributed by atoms with van der Waals surface area (Å²) in [7, 11) is 2.97. The number of carbonyl (C=O) groups excluding carboxylic acids is 1. The Bertz CT molecular complexity index is 411. The van der Waals surface area contributed by atoms with Gasteiger partial charge in [-0.05, 0) is 5.17 Å². The minimum atomic E-state index is -2.44. The number of aliphatic hydroxyl groups excluding tert-OH is 1. The van der Waals surface area contributed by atoms with Crippen LogP contribution in [-0.2, 0) is 28.6 Å². The number of amides is 1. The molecule has 0 aliphatic carbocycles. The van der Waals surface area contributed by atoms with Gasteiger partial charge in [0, 0.05) is 14.1 Å². The number of terminal acetylenes is 1. The number of nitrogens with zero attached hydrogens (tertiary/aromatic N) is 2. The lowest BCUT2D eigenvalue weighted by molar-refractivity contribution is -0.512. The smallest absolute Gasteiger partial charge is 0.393 e. The van der Waals surface area contributed by atoms with Gasteiger partial charge in [0.2, 0.25) is 5.91 Å². The molecule has 0 saturated carbocycles. The lowest BCUT2D eigenvalue weighted by atomic mass is 10.6. The topological polar surface area (TPSA) is 144 Å². The molecule has 22 heavy (non-hydrogen) atoms. The van der Waals surface area contributed by atoms with E-state index in [1.807, 2.05) is 0 Å². The van der Waals surface area contributed by atoms with Crippen molar-refractivity contribution in [1.29, 1.82) is 0 Å². The van der Waals surface area contributed by atoms with Crippen LogP contribution < -0.4 is 5.84 Å². The third-order valence-corrected chi connectivity index (χ3v) is 2.06. The Balaban J connectivity index is 5.01. The van der Waals surface area contributed by atoms with Crippen LogP contribution in [0.3, 0.4) is 0 Å². The van der Waals surface area contributed by atoms with E-state index >= 15 is 0 Å². The molecule has 0 aliphatic heterocycles. The van der Waals surface area contributed by atoms with Gasteiger partial charge in [-0.25, -0.2) is 10.6 Å². The van der Waals surface area contributed by atoms with Crippen molar-refractivity contribution in [2.24, 2.45) is 5.84 Å². The summed E-state index contributed by atoms with van der Waals surface area (Å²) >= 11 is 0. The van der Waals surface area contributed by atoms with Gasteiger partial charge in [-0.3, -0.25) is 23.8 Å². The van der Waals surface area contributed by atoms with Crippen LogP contribution in [0.15, 0.2) is 0 Å². The number of hydrazine groups is 1. The number of carboxylic acid groups (broad SMARTS) is 1. The van der Waals surface area contributed by atoms with Crippen molar-refractivity contribution in [3.63, 3.8) is 0 Å². The third kappa shape index (κ3) is 6.78. The van der Waals surface area contributed by atoms with Gasteiger partial charge < -0.3 is 15.1 Å². The predicted octanol–water partition coefficient (Wildman–Crippen LogP) is -2.49. The number of ether oxygens (including phenoxy) is 3.